The Labute approximate surface area is 95.3 Å². The van der Waals surface area contributed by atoms with Gasteiger partial charge in [-0.15, -0.1) is 0 Å². The number of halogens is 2. The summed E-state index contributed by atoms with van der Waals surface area (Å²) in [5, 5.41) is 0. The molecule has 0 heterocycles. The number of benzene rings is 1. The lowest BCUT2D eigenvalue weighted by molar-refractivity contribution is 0.247. The van der Waals surface area contributed by atoms with Gasteiger partial charge >= 0.3 is 0 Å². The first-order chi connectivity index (χ1) is 7.19. The molecule has 0 N–H and O–H groups in total. The Bertz CT molecular complexity index is 436. The summed E-state index contributed by atoms with van der Waals surface area (Å²) in [5.74, 6) is -0.323. The van der Waals surface area contributed by atoms with E-state index in [0.29, 0.717) is 10.0 Å². The molecule has 0 atom stereocenters. The van der Waals surface area contributed by atoms with E-state index in [1.165, 1.54) is 0 Å². The maximum absolute atomic E-state index is 13.8. The Kier molecular flexibility index (Phi) is 2.72. The van der Waals surface area contributed by atoms with Crippen LogP contribution >= 0.6 is 15.9 Å². The number of hydrogen-bond acceptors (Lipinski definition) is 2. The number of carbonyl (C=O) groups excluding carboxylic acids is 1. The Hall–Kier alpha value is -0.990. The summed E-state index contributed by atoms with van der Waals surface area (Å²) in [7, 11) is 0. The van der Waals surface area contributed by atoms with Crippen LogP contribution in [0.25, 0.3) is 0 Å². The van der Waals surface area contributed by atoms with E-state index in [4.69, 9.17) is 0 Å². The van der Waals surface area contributed by atoms with Crippen molar-refractivity contribution in [2.45, 2.75) is 24.8 Å². The minimum Gasteiger partial charge on any atom is -0.211 e. The molecule has 0 saturated heterocycles. The van der Waals surface area contributed by atoms with Crippen LogP contribution in [0.15, 0.2) is 27.7 Å². The predicted octanol–water partition coefficient (Wildman–Crippen LogP) is 3.30. The second-order valence-electron chi connectivity index (χ2n) is 3.69. The summed E-state index contributed by atoms with van der Waals surface area (Å²) in [5.41, 5.74) is -0.165. The van der Waals surface area contributed by atoms with Crippen molar-refractivity contribution in [1.82, 2.24) is 0 Å². The highest BCUT2D eigenvalue weighted by Crippen LogP contribution is 2.46. The molecule has 0 spiro atoms. The topological polar surface area (TPSA) is 29.4 Å². The van der Waals surface area contributed by atoms with Gasteiger partial charge in [-0.3, -0.25) is 0 Å². The summed E-state index contributed by atoms with van der Waals surface area (Å²) in [6.45, 7) is 0. The molecule has 1 aliphatic rings. The van der Waals surface area contributed by atoms with Gasteiger partial charge < -0.3 is 0 Å². The third kappa shape index (κ3) is 1.64. The van der Waals surface area contributed by atoms with Crippen LogP contribution in [0.2, 0.25) is 0 Å². The molecular weight excluding hydrogens is 261 g/mol. The van der Waals surface area contributed by atoms with E-state index >= 15 is 0 Å². The highest BCUT2D eigenvalue weighted by atomic mass is 79.9. The molecule has 1 aliphatic carbocycles. The molecule has 1 saturated carbocycles. The van der Waals surface area contributed by atoms with E-state index in [9.17, 15) is 9.18 Å². The fourth-order valence-corrected chi connectivity index (χ4v) is 2.27. The molecule has 4 heteroatoms. The first-order valence-corrected chi connectivity index (χ1v) is 5.52. The van der Waals surface area contributed by atoms with Crippen LogP contribution in [0, 0.1) is 5.82 Å². The maximum atomic E-state index is 13.8. The van der Waals surface area contributed by atoms with Crippen molar-refractivity contribution < 1.29 is 9.18 Å². The minimum absolute atomic E-state index is 0.323. The number of aliphatic imine (C=N–C) groups is 1. The Morgan fingerprint density at radius 3 is 2.73 bits per heavy atom. The van der Waals surface area contributed by atoms with Gasteiger partial charge in [0.1, 0.15) is 11.4 Å². The summed E-state index contributed by atoms with van der Waals surface area (Å²) in [6.07, 6.45) is 3.95. The van der Waals surface area contributed by atoms with Gasteiger partial charge in [-0.05, 0) is 41.3 Å². The van der Waals surface area contributed by atoms with E-state index in [-0.39, 0.29) is 5.82 Å². The quantitative estimate of drug-likeness (QED) is 0.598. The van der Waals surface area contributed by atoms with Gasteiger partial charge in [0.15, 0.2) is 0 Å². The largest absolute Gasteiger partial charge is 0.235 e. The maximum Gasteiger partial charge on any atom is 0.235 e. The van der Waals surface area contributed by atoms with Gasteiger partial charge in [0.25, 0.3) is 0 Å². The predicted molar refractivity (Wildman–Crippen MR) is 57.8 cm³/mol. The summed E-state index contributed by atoms with van der Waals surface area (Å²) >= 11 is 3.13. The van der Waals surface area contributed by atoms with Crippen molar-refractivity contribution in [3.05, 3.63) is 34.1 Å². The van der Waals surface area contributed by atoms with Gasteiger partial charge in [-0.25, -0.2) is 9.18 Å². The zero-order valence-corrected chi connectivity index (χ0v) is 9.55. The normalized spacial score (nSPS) is 17.7. The summed E-state index contributed by atoms with van der Waals surface area (Å²) in [6, 6.07) is 5.07. The van der Waals surface area contributed by atoms with Crippen molar-refractivity contribution >= 4 is 22.0 Å². The lowest BCUT2D eigenvalue weighted by atomic mass is 9.72. The van der Waals surface area contributed by atoms with Crippen LogP contribution in [0.5, 0.6) is 0 Å². The molecule has 0 unspecified atom stereocenters. The third-order valence-electron chi connectivity index (χ3n) is 2.89. The molecule has 0 aromatic heterocycles. The second-order valence-corrected chi connectivity index (χ2v) is 4.54. The molecule has 0 radical (unpaired) electrons. The van der Waals surface area contributed by atoms with Gasteiger partial charge in [0.05, 0.1) is 4.47 Å². The molecule has 78 valence electrons. The van der Waals surface area contributed by atoms with Crippen LogP contribution in [0.1, 0.15) is 24.8 Å². The smallest absolute Gasteiger partial charge is 0.211 e. The number of isocyanates is 1. The Morgan fingerprint density at radius 1 is 1.47 bits per heavy atom. The van der Waals surface area contributed by atoms with E-state index in [2.05, 4.69) is 20.9 Å². The summed E-state index contributed by atoms with van der Waals surface area (Å²) < 4.78 is 14.2. The number of hydrogen-bond donors (Lipinski definition) is 0. The van der Waals surface area contributed by atoms with Crippen molar-refractivity contribution in [2.75, 3.05) is 0 Å². The standard InChI is InChI=1S/C11H9BrFNO/c12-9-4-1-3-8(10(9)13)11(14-7-15)5-2-6-11/h1,3-4H,2,5-6H2. The lowest BCUT2D eigenvalue weighted by Gasteiger charge is -2.37. The SMILES string of the molecule is O=C=NC1(c2cccc(Br)c2F)CCC1. The van der Waals surface area contributed by atoms with Gasteiger partial charge in [0, 0.05) is 5.56 Å². The monoisotopic (exact) mass is 269 g/mol. The van der Waals surface area contributed by atoms with Crippen molar-refractivity contribution in [3.63, 3.8) is 0 Å². The molecule has 1 aromatic carbocycles. The number of nitrogens with zero attached hydrogens (tertiary/aromatic N) is 1. The van der Waals surface area contributed by atoms with Crippen LogP contribution in [0.4, 0.5) is 4.39 Å². The highest BCUT2D eigenvalue weighted by Gasteiger charge is 2.41. The molecule has 2 rings (SSSR count). The average Bonchev–Trinajstić information content (AvgIpc) is 2.17. The van der Waals surface area contributed by atoms with Crippen LogP contribution in [-0.2, 0) is 10.3 Å². The van der Waals surface area contributed by atoms with Crippen molar-refractivity contribution in [2.24, 2.45) is 4.99 Å². The second kappa shape index (κ2) is 3.87. The zero-order chi connectivity index (χ0) is 10.9. The molecule has 2 nitrogen and oxygen atoms in total. The Balaban J connectivity index is 2.52. The van der Waals surface area contributed by atoms with Crippen LogP contribution < -0.4 is 0 Å². The van der Waals surface area contributed by atoms with E-state index in [1.807, 2.05) is 0 Å². The van der Waals surface area contributed by atoms with Crippen LogP contribution in [0.3, 0.4) is 0 Å². The van der Waals surface area contributed by atoms with E-state index in [1.54, 1.807) is 24.3 Å². The van der Waals surface area contributed by atoms with Crippen molar-refractivity contribution in [1.29, 1.82) is 0 Å². The lowest BCUT2D eigenvalue weighted by Crippen LogP contribution is -2.33. The van der Waals surface area contributed by atoms with Crippen molar-refractivity contribution in [3.8, 4) is 0 Å². The summed E-state index contributed by atoms with van der Waals surface area (Å²) in [4.78, 5) is 14.1. The molecule has 15 heavy (non-hydrogen) atoms. The molecular formula is C11H9BrFNO. The molecule has 1 fully saturated rings. The fourth-order valence-electron chi connectivity index (χ4n) is 1.90. The number of rotatable bonds is 2. The van der Waals surface area contributed by atoms with Gasteiger partial charge in [-0.2, -0.15) is 4.99 Å². The fraction of sp³-hybridized carbons (Fsp3) is 0.364. The Morgan fingerprint density at radius 2 is 2.20 bits per heavy atom. The highest BCUT2D eigenvalue weighted by molar-refractivity contribution is 9.10. The zero-order valence-electron chi connectivity index (χ0n) is 7.96. The average molecular weight is 270 g/mol. The molecule has 1 aromatic rings. The molecule has 0 bridgehead atoms. The molecule has 0 amide bonds. The minimum atomic E-state index is -0.657. The van der Waals surface area contributed by atoms with E-state index < -0.39 is 5.54 Å². The third-order valence-corrected chi connectivity index (χ3v) is 3.51. The van der Waals surface area contributed by atoms with Crippen LogP contribution in [-0.4, -0.2) is 6.08 Å². The molecule has 0 aliphatic heterocycles. The first kappa shape index (κ1) is 10.5. The van der Waals surface area contributed by atoms with Gasteiger partial charge in [0.2, 0.25) is 6.08 Å². The van der Waals surface area contributed by atoms with E-state index in [0.717, 1.165) is 19.3 Å². The first-order valence-electron chi connectivity index (χ1n) is 4.73. The van der Waals surface area contributed by atoms with Gasteiger partial charge in [-0.1, -0.05) is 12.1 Å².